The molecule has 1 amide bonds. The zero-order valence-corrected chi connectivity index (χ0v) is 17.2. The predicted octanol–water partition coefficient (Wildman–Crippen LogP) is 4.35. The van der Waals surface area contributed by atoms with Gasteiger partial charge in [0, 0.05) is 12.6 Å². The SMILES string of the molecule is CCn1ncc(NC(=O)Cc2ccc(Oc3ccc(C(F)(F)F)nn3)c(OC)c2)c1Cl. The third-order valence-electron chi connectivity index (χ3n) is 4.09. The lowest BCUT2D eigenvalue weighted by molar-refractivity contribution is -0.141. The van der Waals surface area contributed by atoms with Crippen molar-refractivity contribution in [3.63, 3.8) is 0 Å². The van der Waals surface area contributed by atoms with Crippen LogP contribution in [0.15, 0.2) is 36.5 Å². The Kier molecular flexibility index (Phi) is 6.64. The number of nitrogens with zero attached hydrogens (tertiary/aromatic N) is 4. The van der Waals surface area contributed by atoms with E-state index in [0.717, 1.165) is 12.1 Å². The topological polar surface area (TPSA) is 91.2 Å². The molecule has 31 heavy (non-hydrogen) atoms. The Morgan fingerprint density at radius 2 is 1.97 bits per heavy atom. The van der Waals surface area contributed by atoms with E-state index in [1.807, 2.05) is 6.92 Å². The minimum Gasteiger partial charge on any atom is -0.493 e. The number of alkyl halides is 3. The molecular formula is C19H17ClF3N5O3. The van der Waals surface area contributed by atoms with Crippen molar-refractivity contribution in [2.24, 2.45) is 0 Å². The van der Waals surface area contributed by atoms with Crippen LogP contribution in [-0.2, 0) is 23.9 Å². The maximum atomic E-state index is 12.6. The van der Waals surface area contributed by atoms with Gasteiger partial charge in [-0.1, -0.05) is 17.7 Å². The highest BCUT2D eigenvalue weighted by Crippen LogP contribution is 2.33. The Balaban J connectivity index is 1.69. The Hall–Kier alpha value is -3.34. The van der Waals surface area contributed by atoms with Gasteiger partial charge in [0.15, 0.2) is 22.3 Å². The van der Waals surface area contributed by atoms with Crippen LogP contribution in [0.1, 0.15) is 18.2 Å². The van der Waals surface area contributed by atoms with Crippen LogP contribution < -0.4 is 14.8 Å². The molecule has 3 aromatic rings. The molecule has 0 aliphatic carbocycles. The quantitative estimate of drug-likeness (QED) is 0.569. The summed E-state index contributed by atoms with van der Waals surface area (Å²) in [5.74, 6) is 0.0121. The monoisotopic (exact) mass is 455 g/mol. The number of methoxy groups -OCH3 is 1. The van der Waals surface area contributed by atoms with E-state index in [4.69, 9.17) is 21.1 Å². The van der Waals surface area contributed by atoms with E-state index in [0.29, 0.717) is 22.9 Å². The third kappa shape index (κ3) is 5.43. The van der Waals surface area contributed by atoms with Crippen LogP contribution in [0, 0.1) is 0 Å². The predicted molar refractivity (Wildman–Crippen MR) is 105 cm³/mol. The Morgan fingerprint density at radius 1 is 1.19 bits per heavy atom. The lowest BCUT2D eigenvalue weighted by atomic mass is 10.1. The number of aromatic nitrogens is 4. The summed E-state index contributed by atoms with van der Waals surface area (Å²) in [7, 11) is 1.39. The second-order valence-corrected chi connectivity index (χ2v) is 6.59. The molecule has 3 rings (SSSR count). The van der Waals surface area contributed by atoms with E-state index in [1.54, 1.807) is 12.1 Å². The van der Waals surface area contributed by atoms with Gasteiger partial charge in [0.2, 0.25) is 11.8 Å². The van der Waals surface area contributed by atoms with Crippen molar-refractivity contribution in [2.45, 2.75) is 26.1 Å². The molecular weight excluding hydrogens is 439 g/mol. The van der Waals surface area contributed by atoms with Crippen molar-refractivity contribution < 1.29 is 27.4 Å². The van der Waals surface area contributed by atoms with Gasteiger partial charge in [-0.25, -0.2) is 0 Å². The van der Waals surface area contributed by atoms with Crippen LogP contribution in [0.2, 0.25) is 5.15 Å². The lowest BCUT2D eigenvalue weighted by Gasteiger charge is -2.12. The van der Waals surface area contributed by atoms with Gasteiger partial charge in [0.1, 0.15) is 0 Å². The first kappa shape index (κ1) is 22.3. The van der Waals surface area contributed by atoms with E-state index in [1.165, 1.54) is 24.1 Å². The minimum atomic E-state index is -4.59. The molecule has 1 N–H and O–H groups in total. The summed E-state index contributed by atoms with van der Waals surface area (Å²) >= 11 is 6.13. The average molecular weight is 456 g/mol. The molecule has 2 aromatic heterocycles. The van der Waals surface area contributed by atoms with Crippen molar-refractivity contribution in [2.75, 3.05) is 12.4 Å². The van der Waals surface area contributed by atoms with Crippen molar-refractivity contribution >= 4 is 23.2 Å². The largest absolute Gasteiger partial charge is 0.493 e. The van der Waals surface area contributed by atoms with Crippen molar-refractivity contribution in [1.82, 2.24) is 20.0 Å². The van der Waals surface area contributed by atoms with Gasteiger partial charge in [0.05, 0.1) is 25.4 Å². The van der Waals surface area contributed by atoms with Crippen LogP contribution >= 0.6 is 11.6 Å². The molecule has 12 heteroatoms. The highest BCUT2D eigenvalue weighted by atomic mass is 35.5. The van der Waals surface area contributed by atoms with Gasteiger partial charge >= 0.3 is 6.18 Å². The molecule has 2 heterocycles. The van der Waals surface area contributed by atoms with Crippen molar-refractivity contribution in [1.29, 1.82) is 0 Å². The summed E-state index contributed by atoms with van der Waals surface area (Å²) in [4.78, 5) is 12.3. The zero-order valence-electron chi connectivity index (χ0n) is 16.4. The Bertz CT molecular complexity index is 1070. The second kappa shape index (κ2) is 9.21. The number of anilines is 1. The smallest absolute Gasteiger partial charge is 0.435 e. The van der Waals surface area contributed by atoms with E-state index < -0.39 is 11.9 Å². The molecule has 0 spiro atoms. The summed E-state index contributed by atoms with van der Waals surface area (Å²) in [6, 6.07) is 6.52. The van der Waals surface area contributed by atoms with Crippen LogP contribution in [0.3, 0.4) is 0 Å². The molecule has 0 aliphatic rings. The number of carbonyl (C=O) groups excluding carboxylic acids is 1. The normalized spacial score (nSPS) is 11.3. The summed E-state index contributed by atoms with van der Waals surface area (Å²) < 4.78 is 50.0. The molecule has 0 unspecified atom stereocenters. The van der Waals surface area contributed by atoms with E-state index in [-0.39, 0.29) is 29.7 Å². The molecule has 8 nitrogen and oxygen atoms in total. The number of nitrogens with one attached hydrogen (secondary N) is 1. The number of ether oxygens (including phenoxy) is 2. The standard InChI is InChI=1S/C19H17ClF3N5O3/c1-3-28-18(20)12(10-24-28)25-16(29)9-11-4-5-13(14(8-11)30-2)31-17-7-6-15(26-27-17)19(21,22)23/h4-8,10H,3,9H2,1-2H3,(H,25,29). The molecule has 0 bridgehead atoms. The van der Waals surface area contributed by atoms with Crippen LogP contribution in [0.25, 0.3) is 0 Å². The second-order valence-electron chi connectivity index (χ2n) is 6.23. The fourth-order valence-corrected chi connectivity index (χ4v) is 2.86. The number of amides is 1. The molecule has 0 saturated carbocycles. The first-order chi connectivity index (χ1) is 14.7. The van der Waals surface area contributed by atoms with Gasteiger partial charge < -0.3 is 14.8 Å². The van der Waals surface area contributed by atoms with Gasteiger partial charge in [0.25, 0.3) is 0 Å². The van der Waals surface area contributed by atoms with Crippen LogP contribution in [0.5, 0.6) is 17.4 Å². The molecule has 0 atom stereocenters. The summed E-state index contributed by atoms with van der Waals surface area (Å²) in [5.41, 5.74) is -0.113. The fraction of sp³-hybridized carbons (Fsp3) is 0.263. The number of hydrogen-bond donors (Lipinski definition) is 1. The maximum Gasteiger partial charge on any atom is 0.435 e. The van der Waals surface area contributed by atoms with Gasteiger partial charge in [-0.15, -0.1) is 10.2 Å². The number of hydrogen-bond acceptors (Lipinski definition) is 6. The fourth-order valence-electron chi connectivity index (χ4n) is 2.60. The molecule has 0 fully saturated rings. The van der Waals surface area contributed by atoms with Crippen LogP contribution in [-0.4, -0.2) is 33.0 Å². The highest BCUT2D eigenvalue weighted by molar-refractivity contribution is 6.32. The minimum absolute atomic E-state index is 0.0182. The lowest BCUT2D eigenvalue weighted by Crippen LogP contribution is -2.14. The van der Waals surface area contributed by atoms with Gasteiger partial charge in [-0.05, 0) is 30.7 Å². The number of benzene rings is 1. The summed E-state index contributed by atoms with van der Waals surface area (Å²) in [6.45, 7) is 2.44. The van der Waals surface area contributed by atoms with E-state index in [2.05, 4.69) is 20.6 Å². The Labute approximate surface area is 179 Å². The number of halogens is 4. The maximum absolute atomic E-state index is 12.6. The Morgan fingerprint density at radius 3 is 2.55 bits per heavy atom. The molecule has 0 radical (unpaired) electrons. The van der Waals surface area contributed by atoms with Gasteiger partial charge in [-0.2, -0.15) is 18.3 Å². The van der Waals surface area contributed by atoms with Crippen molar-refractivity contribution in [3.8, 4) is 17.4 Å². The number of carbonyl (C=O) groups is 1. The van der Waals surface area contributed by atoms with Gasteiger partial charge in [-0.3, -0.25) is 9.48 Å². The van der Waals surface area contributed by atoms with Crippen LogP contribution in [0.4, 0.5) is 18.9 Å². The average Bonchev–Trinajstić information content (AvgIpc) is 3.08. The summed E-state index contributed by atoms with van der Waals surface area (Å²) in [5, 5.41) is 13.6. The number of aryl methyl sites for hydroxylation is 1. The van der Waals surface area contributed by atoms with Crippen molar-refractivity contribution in [3.05, 3.63) is 52.9 Å². The molecule has 0 aliphatic heterocycles. The van der Waals surface area contributed by atoms with E-state index in [9.17, 15) is 18.0 Å². The summed E-state index contributed by atoms with van der Waals surface area (Å²) in [6.07, 6.45) is -3.11. The zero-order chi connectivity index (χ0) is 22.6. The first-order valence-electron chi connectivity index (χ1n) is 8.98. The molecule has 1 aromatic carbocycles. The third-order valence-corrected chi connectivity index (χ3v) is 4.49. The number of rotatable bonds is 7. The molecule has 164 valence electrons. The molecule has 0 saturated heterocycles. The first-order valence-corrected chi connectivity index (χ1v) is 9.36. The van der Waals surface area contributed by atoms with E-state index >= 15 is 0 Å². The highest BCUT2D eigenvalue weighted by Gasteiger charge is 2.33.